The van der Waals surface area contributed by atoms with Crippen molar-refractivity contribution in [3.8, 4) is 0 Å². The molecule has 0 atom stereocenters. The third kappa shape index (κ3) is 6.04. The zero-order valence-corrected chi connectivity index (χ0v) is 4.12. The van der Waals surface area contributed by atoms with Crippen molar-refractivity contribution in [2.75, 3.05) is 0 Å². The molecule has 8 heteroatoms. The summed E-state index contributed by atoms with van der Waals surface area (Å²) >= 11 is 0. The molecule has 0 aromatic rings. The van der Waals surface area contributed by atoms with Gasteiger partial charge < -0.3 is 14.7 Å². The van der Waals surface area contributed by atoms with E-state index in [0.717, 1.165) is 0 Å². The molecular formula is C2H4BF2LiO4. The molecule has 0 bridgehead atoms. The van der Waals surface area contributed by atoms with Gasteiger partial charge in [0.1, 0.15) is 0 Å². The Balaban J connectivity index is 0. The van der Waals surface area contributed by atoms with Crippen LogP contribution in [-0.2, 0) is 9.45 Å². The van der Waals surface area contributed by atoms with Crippen molar-refractivity contribution in [1.82, 2.24) is 0 Å². The molecule has 0 aliphatic heterocycles. The fourth-order valence-electron chi connectivity index (χ4n) is 0.155. The number of halogens is 2. The van der Waals surface area contributed by atoms with Crippen molar-refractivity contribution in [2.45, 2.75) is 6.43 Å². The van der Waals surface area contributed by atoms with Crippen LogP contribution in [0.3, 0.4) is 0 Å². The standard InChI is InChI=1S/C2H3BF2O4.Li.H/c4-1(5)2(6)9-3(7)8;;/h1,7-8H;;. The molecule has 0 saturated heterocycles. The fraction of sp³-hybridized carbons (Fsp3) is 0.500. The minimum absolute atomic E-state index is 0. The van der Waals surface area contributed by atoms with E-state index in [1.165, 1.54) is 0 Å². The summed E-state index contributed by atoms with van der Waals surface area (Å²) in [6, 6.07) is 0. The number of hydrogen-bond acceptors (Lipinski definition) is 4. The van der Waals surface area contributed by atoms with E-state index in [1.807, 2.05) is 0 Å². The van der Waals surface area contributed by atoms with Gasteiger partial charge in [0, 0.05) is 0 Å². The van der Waals surface area contributed by atoms with Crippen LogP contribution < -0.4 is 0 Å². The van der Waals surface area contributed by atoms with Crippen LogP contribution in [0, 0.1) is 0 Å². The van der Waals surface area contributed by atoms with Gasteiger partial charge in [-0.25, -0.2) is 4.79 Å². The van der Waals surface area contributed by atoms with E-state index >= 15 is 0 Å². The molecule has 0 fully saturated rings. The molecule has 54 valence electrons. The maximum atomic E-state index is 11.1. The Hall–Kier alpha value is -0.0877. The number of carbonyl (C=O) groups excluding carboxylic acids is 1. The second-order valence-electron chi connectivity index (χ2n) is 1.06. The molecule has 0 rings (SSSR count). The molecule has 2 N–H and O–H groups in total. The van der Waals surface area contributed by atoms with Crippen LogP contribution in [0.1, 0.15) is 0 Å². The maximum absolute atomic E-state index is 11.1. The Bertz CT molecular complexity index is 109. The van der Waals surface area contributed by atoms with E-state index in [9.17, 15) is 13.6 Å². The van der Waals surface area contributed by atoms with Crippen molar-refractivity contribution in [3.63, 3.8) is 0 Å². The second-order valence-corrected chi connectivity index (χ2v) is 1.06. The molecule has 0 spiro atoms. The summed E-state index contributed by atoms with van der Waals surface area (Å²) in [7, 11) is -2.47. The molecule has 0 amide bonds. The molecular weight excluding hydrogens is 144 g/mol. The molecule has 0 aromatic heterocycles. The third-order valence-electron chi connectivity index (χ3n) is 0.400. The predicted molar refractivity (Wildman–Crippen MR) is 29.4 cm³/mol. The molecule has 0 saturated carbocycles. The molecule has 0 aliphatic rings. The van der Waals surface area contributed by atoms with Crippen LogP contribution >= 0.6 is 0 Å². The fourth-order valence-corrected chi connectivity index (χ4v) is 0.155. The first-order valence-electron chi connectivity index (χ1n) is 1.89. The van der Waals surface area contributed by atoms with Gasteiger partial charge in [-0.05, 0) is 0 Å². The number of hydrogen-bond donors (Lipinski definition) is 2. The number of carbonyl (C=O) groups is 1. The van der Waals surface area contributed by atoms with E-state index in [1.54, 1.807) is 0 Å². The molecule has 0 unspecified atom stereocenters. The van der Waals surface area contributed by atoms with Crippen LogP contribution in [-0.4, -0.2) is 48.6 Å². The van der Waals surface area contributed by atoms with E-state index in [0.29, 0.717) is 0 Å². The van der Waals surface area contributed by atoms with Crippen molar-refractivity contribution in [3.05, 3.63) is 0 Å². The Labute approximate surface area is 67.5 Å². The molecule has 0 aromatic carbocycles. The normalized spacial score (nSPS) is 8.50. The molecule has 0 heterocycles. The van der Waals surface area contributed by atoms with Crippen molar-refractivity contribution in [2.24, 2.45) is 0 Å². The first kappa shape index (κ1) is 12.6. The van der Waals surface area contributed by atoms with Gasteiger partial charge in [-0.3, -0.25) is 0 Å². The van der Waals surface area contributed by atoms with Crippen molar-refractivity contribution in [1.29, 1.82) is 0 Å². The summed E-state index contributed by atoms with van der Waals surface area (Å²) in [5, 5.41) is 15.5. The van der Waals surface area contributed by atoms with Gasteiger partial charge in [-0.15, -0.1) is 0 Å². The van der Waals surface area contributed by atoms with Crippen LogP contribution in [0.4, 0.5) is 8.78 Å². The quantitative estimate of drug-likeness (QED) is 0.449. The van der Waals surface area contributed by atoms with Crippen LogP contribution in [0.5, 0.6) is 0 Å². The minimum atomic E-state index is -3.33. The topological polar surface area (TPSA) is 66.8 Å². The predicted octanol–water partition coefficient (Wildman–Crippen LogP) is -1.88. The van der Waals surface area contributed by atoms with Gasteiger partial charge in [0.15, 0.2) is 0 Å². The van der Waals surface area contributed by atoms with E-state index < -0.39 is 19.7 Å². The van der Waals surface area contributed by atoms with Crippen molar-refractivity contribution < 1.29 is 28.3 Å². The van der Waals surface area contributed by atoms with Gasteiger partial charge in [-0.2, -0.15) is 8.78 Å². The van der Waals surface area contributed by atoms with E-state index in [2.05, 4.69) is 4.65 Å². The van der Waals surface area contributed by atoms with Gasteiger partial charge in [-0.1, -0.05) is 0 Å². The van der Waals surface area contributed by atoms with Crippen molar-refractivity contribution >= 4 is 32.2 Å². The van der Waals surface area contributed by atoms with E-state index in [4.69, 9.17) is 10.0 Å². The molecule has 4 nitrogen and oxygen atoms in total. The third-order valence-corrected chi connectivity index (χ3v) is 0.400. The van der Waals surface area contributed by atoms with E-state index in [-0.39, 0.29) is 18.9 Å². The molecule has 0 radical (unpaired) electrons. The summed E-state index contributed by atoms with van der Waals surface area (Å²) in [6.45, 7) is 0. The summed E-state index contributed by atoms with van der Waals surface area (Å²) < 4.78 is 25.4. The summed E-state index contributed by atoms with van der Waals surface area (Å²) in [5.41, 5.74) is 0. The monoisotopic (exact) mass is 148 g/mol. The Morgan fingerprint density at radius 3 is 2.00 bits per heavy atom. The summed E-state index contributed by atoms with van der Waals surface area (Å²) in [4.78, 5) is 9.66. The molecule has 10 heavy (non-hydrogen) atoms. The molecule has 0 aliphatic carbocycles. The van der Waals surface area contributed by atoms with Crippen LogP contribution in [0.25, 0.3) is 0 Å². The zero-order chi connectivity index (χ0) is 7.44. The SMILES string of the molecule is O=C(OB(O)O)C(F)F.[LiH]. The Morgan fingerprint density at radius 1 is 1.50 bits per heavy atom. The van der Waals surface area contributed by atoms with Gasteiger partial charge in [0.05, 0.1) is 0 Å². The average Bonchev–Trinajstić information content (AvgIpc) is 1.63. The van der Waals surface area contributed by atoms with Crippen LogP contribution in [0.15, 0.2) is 0 Å². The van der Waals surface area contributed by atoms with Gasteiger partial charge in [0.2, 0.25) is 0 Å². The first-order valence-corrected chi connectivity index (χ1v) is 1.89. The first-order chi connectivity index (χ1) is 4.04. The summed E-state index contributed by atoms with van der Waals surface area (Å²) in [6.07, 6.45) is -3.33. The Morgan fingerprint density at radius 2 is 1.90 bits per heavy atom. The zero-order valence-electron chi connectivity index (χ0n) is 4.12. The van der Waals surface area contributed by atoms with Gasteiger partial charge >= 0.3 is 38.6 Å². The van der Waals surface area contributed by atoms with Crippen LogP contribution in [0.2, 0.25) is 0 Å². The Kier molecular flexibility index (Phi) is 7.14. The second kappa shape index (κ2) is 5.68. The summed E-state index contributed by atoms with van der Waals surface area (Å²) in [5.74, 6) is -1.95. The average molecular weight is 148 g/mol. The van der Waals surface area contributed by atoms with Gasteiger partial charge in [0.25, 0.3) is 0 Å². The number of rotatable bonds is 2. The number of alkyl halides is 2.